The predicted molar refractivity (Wildman–Crippen MR) is 37.7 cm³/mol. The molecule has 0 aliphatic heterocycles. The Kier molecular flexibility index (Phi) is 3.87. The SMILES string of the molecule is CN/C(=C\[N+](=O)[O-])SC. The van der Waals surface area contributed by atoms with Gasteiger partial charge in [-0.05, 0) is 6.26 Å². The van der Waals surface area contributed by atoms with Crippen LogP contribution in [0.3, 0.4) is 0 Å². The predicted octanol–water partition coefficient (Wildman–Crippen LogP) is 0.644. The van der Waals surface area contributed by atoms with Crippen LogP contribution in [0.5, 0.6) is 0 Å². The number of rotatable bonds is 3. The van der Waals surface area contributed by atoms with Gasteiger partial charge < -0.3 is 5.32 Å². The number of hydrogen-bond donors (Lipinski definition) is 1. The number of thioether (sulfide) groups is 1. The van der Waals surface area contributed by atoms with Crippen molar-refractivity contribution in [2.24, 2.45) is 0 Å². The summed E-state index contributed by atoms with van der Waals surface area (Å²) in [4.78, 5) is 9.32. The van der Waals surface area contributed by atoms with Crippen LogP contribution in [0.25, 0.3) is 0 Å². The first-order valence-electron chi connectivity index (χ1n) is 2.27. The lowest BCUT2D eigenvalue weighted by Gasteiger charge is -1.94. The summed E-state index contributed by atoms with van der Waals surface area (Å²) < 4.78 is 0. The van der Waals surface area contributed by atoms with Gasteiger partial charge in [0.15, 0.2) is 0 Å². The van der Waals surface area contributed by atoms with E-state index in [0.29, 0.717) is 5.03 Å². The molecule has 0 saturated heterocycles. The van der Waals surface area contributed by atoms with Gasteiger partial charge in [-0.2, -0.15) is 0 Å². The van der Waals surface area contributed by atoms with Gasteiger partial charge in [0.2, 0.25) is 0 Å². The minimum Gasteiger partial charge on any atom is -0.378 e. The fourth-order valence-corrected chi connectivity index (χ4v) is 0.711. The van der Waals surface area contributed by atoms with E-state index in [2.05, 4.69) is 5.32 Å². The lowest BCUT2D eigenvalue weighted by molar-refractivity contribution is -0.403. The number of nitrogens with zero attached hydrogens (tertiary/aromatic N) is 1. The van der Waals surface area contributed by atoms with Gasteiger partial charge in [-0.15, -0.1) is 11.8 Å². The Balaban J connectivity index is 3.91. The molecule has 0 amide bonds. The van der Waals surface area contributed by atoms with E-state index in [1.54, 1.807) is 13.3 Å². The highest BCUT2D eigenvalue weighted by Crippen LogP contribution is 2.04. The van der Waals surface area contributed by atoms with E-state index >= 15 is 0 Å². The van der Waals surface area contributed by atoms with E-state index in [1.807, 2.05) is 0 Å². The zero-order chi connectivity index (χ0) is 7.28. The Hall–Kier alpha value is -0.710. The minimum atomic E-state index is -0.484. The van der Waals surface area contributed by atoms with Crippen molar-refractivity contribution in [3.63, 3.8) is 0 Å². The second-order valence-electron chi connectivity index (χ2n) is 1.23. The summed E-state index contributed by atoms with van der Waals surface area (Å²) >= 11 is 1.31. The topological polar surface area (TPSA) is 55.2 Å². The normalized spacial score (nSPS) is 11.1. The molecule has 0 heterocycles. The lowest BCUT2D eigenvalue weighted by Crippen LogP contribution is -2.03. The second kappa shape index (κ2) is 4.20. The highest BCUT2D eigenvalue weighted by atomic mass is 32.2. The zero-order valence-corrected chi connectivity index (χ0v) is 6.07. The molecule has 0 fully saturated rings. The first kappa shape index (κ1) is 8.29. The van der Waals surface area contributed by atoms with Gasteiger partial charge in [-0.1, -0.05) is 0 Å². The van der Waals surface area contributed by atoms with Gasteiger partial charge in [-0.25, -0.2) is 0 Å². The zero-order valence-electron chi connectivity index (χ0n) is 5.25. The highest BCUT2D eigenvalue weighted by molar-refractivity contribution is 8.02. The van der Waals surface area contributed by atoms with Gasteiger partial charge in [0.25, 0.3) is 6.20 Å². The van der Waals surface area contributed by atoms with Crippen molar-refractivity contribution in [1.29, 1.82) is 0 Å². The molecule has 9 heavy (non-hydrogen) atoms. The summed E-state index contributed by atoms with van der Waals surface area (Å²) in [6.07, 6.45) is 2.70. The Bertz CT molecular complexity index is 129. The Morgan fingerprint density at radius 3 is 2.56 bits per heavy atom. The average molecular weight is 148 g/mol. The van der Waals surface area contributed by atoms with E-state index in [1.165, 1.54) is 11.8 Å². The third-order valence-electron chi connectivity index (χ3n) is 0.689. The highest BCUT2D eigenvalue weighted by Gasteiger charge is 1.94. The summed E-state index contributed by atoms with van der Waals surface area (Å²) in [7, 11) is 1.64. The molecule has 0 unspecified atom stereocenters. The smallest absolute Gasteiger partial charge is 0.263 e. The molecule has 0 aliphatic carbocycles. The molecule has 0 aliphatic rings. The maximum Gasteiger partial charge on any atom is 0.263 e. The molecular weight excluding hydrogens is 140 g/mol. The van der Waals surface area contributed by atoms with Crippen LogP contribution in [0.2, 0.25) is 0 Å². The maximum absolute atomic E-state index is 9.80. The molecule has 0 atom stereocenters. The van der Waals surface area contributed by atoms with Crippen LogP contribution < -0.4 is 5.32 Å². The van der Waals surface area contributed by atoms with Gasteiger partial charge >= 0.3 is 0 Å². The van der Waals surface area contributed by atoms with Crippen LogP contribution in [-0.2, 0) is 0 Å². The molecule has 0 spiro atoms. The van der Waals surface area contributed by atoms with Crippen molar-refractivity contribution in [1.82, 2.24) is 5.32 Å². The molecule has 4 nitrogen and oxygen atoms in total. The Morgan fingerprint density at radius 2 is 2.44 bits per heavy atom. The largest absolute Gasteiger partial charge is 0.378 e. The quantitative estimate of drug-likeness (QED) is 0.471. The van der Waals surface area contributed by atoms with Crippen LogP contribution >= 0.6 is 11.8 Å². The summed E-state index contributed by atoms with van der Waals surface area (Å²) in [5.41, 5.74) is 0. The maximum atomic E-state index is 9.80. The third kappa shape index (κ3) is 3.84. The van der Waals surface area contributed by atoms with Crippen LogP contribution in [0, 0.1) is 10.1 Å². The van der Waals surface area contributed by atoms with Crippen molar-refractivity contribution in [3.8, 4) is 0 Å². The van der Waals surface area contributed by atoms with E-state index in [0.717, 1.165) is 6.20 Å². The summed E-state index contributed by atoms with van der Waals surface area (Å²) in [6.45, 7) is 0. The fraction of sp³-hybridized carbons (Fsp3) is 0.500. The number of nitrogens with one attached hydrogen (secondary N) is 1. The van der Waals surface area contributed by atoms with Crippen LogP contribution in [0.15, 0.2) is 11.2 Å². The number of nitro groups is 1. The minimum absolute atomic E-state index is 0.484. The molecule has 0 saturated carbocycles. The molecule has 5 heteroatoms. The van der Waals surface area contributed by atoms with E-state index in [-0.39, 0.29) is 0 Å². The summed E-state index contributed by atoms with van der Waals surface area (Å²) in [5, 5.41) is 13.0. The monoisotopic (exact) mass is 148 g/mol. The standard InChI is InChI=1S/C4H8N2O2S/c1-5-4(9-2)3-6(7)8/h3,5H,1-2H3/b4-3+. The van der Waals surface area contributed by atoms with E-state index in [4.69, 9.17) is 0 Å². The van der Waals surface area contributed by atoms with Crippen molar-refractivity contribution >= 4 is 11.8 Å². The van der Waals surface area contributed by atoms with Gasteiger partial charge in [0.05, 0.1) is 4.92 Å². The molecule has 0 aromatic heterocycles. The molecule has 0 aromatic carbocycles. The first-order chi connectivity index (χ1) is 4.20. The Morgan fingerprint density at radius 1 is 1.89 bits per heavy atom. The summed E-state index contributed by atoms with van der Waals surface area (Å²) in [6, 6.07) is 0. The third-order valence-corrected chi connectivity index (χ3v) is 1.44. The molecule has 0 radical (unpaired) electrons. The van der Waals surface area contributed by atoms with Crippen LogP contribution in [0.1, 0.15) is 0 Å². The molecule has 0 aromatic rings. The molecule has 1 N–H and O–H groups in total. The Labute approximate surface area is 57.5 Å². The average Bonchev–Trinajstić information content (AvgIpc) is 1.82. The van der Waals surface area contributed by atoms with Crippen molar-refractivity contribution in [2.45, 2.75) is 0 Å². The van der Waals surface area contributed by atoms with E-state index in [9.17, 15) is 10.1 Å². The van der Waals surface area contributed by atoms with E-state index < -0.39 is 4.92 Å². The molecule has 0 rings (SSSR count). The van der Waals surface area contributed by atoms with Gasteiger partial charge in [-0.3, -0.25) is 10.1 Å². The van der Waals surface area contributed by atoms with Crippen molar-refractivity contribution < 1.29 is 4.92 Å². The van der Waals surface area contributed by atoms with Gasteiger partial charge in [0.1, 0.15) is 5.03 Å². The lowest BCUT2D eigenvalue weighted by atomic mass is 10.9. The first-order valence-corrected chi connectivity index (χ1v) is 3.50. The molecular formula is C4H8N2O2S. The second-order valence-corrected chi connectivity index (χ2v) is 2.08. The van der Waals surface area contributed by atoms with Crippen molar-refractivity contribution in [3.05, 3.63) is 21.3 Å². The fourth-order valence-electron chi connectivity index (χ4n) is 0.315. The molecule has 52 valence electrons. The van der Waals surface area contributed by atoms with Crippen LogP contribution in [0.4, 0.5) is 0 Å². The number of hydrogen-bond acceptors (Lipinski definition) is 4. The summed E-state index contributed by atoms with van der Waals surface area (Å²) in [5.74, 6) is 0. The van der Waals surface area contributed by atoms with Crippen LogP contribution in [-0.4, -0.2) is 18.2 Å². The van der Waals surface area contributed by atoms with Gasteiger partial charge in [0, 0.05) is 7.05 Å². The van der Waals surface area contributed by atoms with Crippen molar-refractivity contribution in [2.75, 3.05) is 13.3 Å². The molecule has 0 bridgehead atoms.